The lowest BCUT2D eigenvalue weighted by atomic mass is 10.0. The van der Waals surface area contributed by atoms with E-state index < -0.39 is 0 Å². The van der Waals surface area contributed by atoms with Crippen molar-refractivity contribution in [2.24, 2.45) is 5.92 Å². The van der Waals surface area contributed by atoms with Crippen LogP contribution in [0.25, 0.3) is 0 Å². The molecule has 35 heavy (non-hydrogen) atoms. The van der Waals surface area contributed by atoms with E-state index >= 15 is 0 Å². The van der Waals surface area contributed by atoms with Crippen molar-refractivity contribution in [3.63, 3.8) is 0 Å². The summed E-state index contributed by atoms with van der Waals surface area (Å²) in [5, 5.41) is 15.7. The molecular formula is C25H27Cl2N5O2S. The highest BCUT2D eigenvalue weighted by atomic mass is 35.5. The van der Waals surface area contributed by atoms with Gasteiger partial charge < -0.3 is 15.2 Å². The highest BCUT2D eigenvalue weighted by molar-refractivity contribution is 7.99. The average Bonchev–Trinajstić information content (AvgIpc) is 3.23. The molecule has 2 amide bonds. The van der Waals surface area contributed by atoms with Crippen molar-refractivity contribution < 1.29 is 9.59 Å². The fourth-order valence-corrected chi connectivity index (χ4v) is 4.52. The summed E-state index contributed by atoms with van der Waals surface area (Å²) in [6, 6.07) is 13.7. The number of hydrogen-bond acceptors (Lipinski definition) is 5. The van der Waals surface area contributed by atoms with Gasteiger partial charge in [-0.05, 0) is 36.6 Å². The molecule has 0 aliphatic rings. The van der Waals surface area contributed by atoms with Crippen LogP contribution in [0.2, 0.25) is 10.0 Å². The number of amides is 2. The topological polar surface area (TPSA) is 88.9 Å². The zero-order valence-corrected chi connectivity index (χ0v) is 21.8. The third-order valence-corrected chi connectivity index (χ3v) is 6.76. The van der Waals surface area contributed by atoms with E-state index in [0.717, 1.165) is 0 Å². The van der Waals surface area contributed by atoms with Crippen LogP contribution in [0, 0.1) is 5.92 Å². The van der Waals surface area contributed by atoms with Crippen molar-refractivity contribution in [2.45, 2.75) is 38.0 Å². The Morgan fingerprint density at radius 3 is 2.54 bits per heavy atom. The fraction of sp³-hybridized carbons (Fsp3) is 0.280. The number of carbonyl (C=O) groups is 2. The molecule has 0 aliphatic carbocycles. The molecule has 0 bridgehead atoms. The highest BCUT2D eigenvalue weighted by Crippen LogP contribution is 2.30. The first-order valence-corrected chi connectivity index (χ1v) is 12.8. The van der Waals surface area contributed by atoms with E-state index in [0.29, 0.717) is 46.1 Å². The van der Waals surface area contributed by atoms with Crippen molar-refractivity contribution >= 4 is 52.5 Å². The highest BCUT2D eigenvalue weighted by Gasteiger charge is 2.25. The number of benzene rings is 2. The maximum absolute atomic E-state index is 12.9. The molecule has 2 N–H and O–H groups in total. The first kappa shape index (κ1) is 26.8. The summed E-state index contributed by atoms with van der Waals surface area (Å²) in [6.07, 6.45) is 2.40. The van der Waals surface area contributed by atoms with E-state index in [9.17, 15) is 9.59 Å². The van der Waals surface area contributed by atoms with Gasteiger partial charge in [-0.1, -0.05) is 79.2 Å². The van der Waals surface area contributed by atoms with Gasteiger partial charge in [-0.3, -0.25) is 9.59 Å². The van der Waals surface area contributed by atoms with Crippen LogP contribution in [-0.2, 0) is 11.3 Å². The van der Waals surface area contributed by atoms with Crippen molar-refractivity contribution in [1.82, 2.24) is 20.1 Å². The van der Waals surface area contributed by atoms with Crippen LogP contribution in [0.15, 0.2) is 66.3 Å². The van der Waals surface area contributed by atoms with Gasteiger partial charge >= 0.3 is 0 Å². The molecule has 0 saturated carbocycles. The number of aromatic nitrogens is 3. The van der Waals surface area contributed by atoms with Crippen LogP contribution in [0.1, 0.15) is 42.5 Å². The summed E-state index contributed by atoms with van der Waals surface area (Å²) >= 11 is 13.4. The summed E-state index contributed by atoms with van der Waals surface area (Å²) in [7, 11) is 0. The van der Waals surface area contributed by atoms with Gasteiger partial charge in [-0.15, -0.1) is 16.8 Å². The summed E-state index contributed by atoms with van der Waals surface area (Å²) in [4.78, 5) is 25.4. The molecule has 0 aliphatic heterocycles. The van der Waals surface area contributed by atoms with Crippen LogP contribution < -0.4 is 10.6 Å². The van der Waals surface area contributed by atoms with Gasteiger partial charge in [0.05, 0.1) is 27.5 Å². The first-order valence-electron chi connectivity index (χ1n) is 11.1. The number of carbonyl (C=O) groups excluding carboxylic acids is 2. The van der Waals surface area contributed by atoms with Crippen molar-refractivity contribution in [3.05, 3.63) is 82.6 Å². The quantitative estimate of drug-likeness (QED) is 0.233. The molecule has 1 aromatic heterocycles. The summed E-state index contributed by atoms with van der Waals surface area (Å²) < 4.78 is 1.87. The fourth-order valence-electron chi connectivity index (χ4n) is 3.41. The second-order valence-electron chi connectivity index (χ2n) is 8.20. The zero-order valence-electron chi connectivity index (χ0n) is 19.5. The number of anilines is 1. The number of allylic oxidation sites excluding steroid dienone is 1. The van der Waals surface area contributed by atoms with E-state index in [1.54, 1.807) is 36.4 Å². The largest absolute Gasteiger partial charge is 0.342 e. The monoisotopic (exact) mass is 531 g/mol. The van der Waals surface area contributed by atoms with Crippen molar-refractivity contribution in [2.75, 3.05) is 11.1 Å². The molecule has 2 aromatic carbocycles. The number of nitrogens with zero attached hydrogens (tertiary/aromatic N) is 3. The summed E-state index contributed by atoms with van der Waals surface area (Å²) in [5.41, 5.74) is 1.01. The standard InChI is InChI=1S/C25H27Cl2N5O2S/c1-4-13-32-23(20(14-16(2)3)29-24(34)17-9-6-5-7-10-17)30-31-25(32)35-15-21(33)28-19-12-8-11-18(26)22(19)27/h4-12,16,20H,1,13-15H2,2-3H3,(H,28,33)(H,29,34). The maximum Gasteiger partial charge on any atom is 0.251 e. The zero-order chi connectivity index (χ0) is 25.4. The Bertz CT molecular complexity index is 1180. The van der Waals surface area contributed by atoms with Crippen LogP contribution in [0.5, 0.6) is 0 Å². The van der Waals surface area contributed by atoms with Gasteiger partial charge in [0, 0.05) is 12.1 Å². The van der Waals surface area contributed by atoms with Gasteiger partial charge in [0.25, 0.3) is 5.91 Å². The molecule has 1 atom stereocenters. The molecule has 0 fully saturated rings. The van der Waals surface area contributed by atoms with E-state index in [1.165, 1.54) is 11.8 Å². The third-order valence-electron chi connectivity index (χ3n) is 4.98. The molecular weight excluding hydrogens is 505 g/mol. The van der Waals surface area contributed by atoms with Crippen molar-refractivity contribution in [3.8, 4) is 0 Å². The molecule has 10 heteroatoms. The maximum atomic E-state index is 12.9. The molecule has 1 unspecified atom stereocenters. The van der Waals surface area contributed by atoms with Crippen LogP contribution in [-0.4, -0.2) is 32.3 Å². The lowest BCUT2D eigenvalue weighted by Crippen LogP contribution is -2.31. The van der Waals surface area contributed by atoms with Gasteiger partial charge in [-0.2, -0.15) is 0 Å². The van der Waals surface area contributed by atoms with Crippen LogP contribution in [0.4, 0.5) is 5.69 Å². The minimum absolute atomic E-state index is 0.0866. The smallest absolute Gasteiger partial charge is 0.251 e. The Hall–Kier alpha value is -2.81. The van der Waals surface area contributed by atoms with Crippen LogP contribution in [0.3, 0.4) is 0 Å². The number of nitrogens with one attached hydrogen (secondary N) is 2. The molecule has 7 nitrogen and oxygen atoms in total. The number of halogens is 2. The second kappa shape index (κ2) is 12.8. The minimum atomic E-state index is -0.358. The number of rotatable bonds is 11. The lowest BCUT2D eigenvalue weighted by Gasteiger charge is -2.21. The first-order chi connectivity index (χ1) is 16.8. The normalized spacial score (nSPS) is 11.8. The van der Waals surface area contributed by atoms with Gasteiger partial charge in [-0.25, -0.2) is 0 Å². The Balaban J connectivity index is 1.77. The van der Waals surface area contributed by atoms with E-state index in [1.807, 2.05) is 22.8 Å². The molecule has 0 saturated heterocycles. The van der Waals surface area contributed by atoms with E-state index in [-0.39, 0.29) is 28.6 Å². The summed E-state index contributed by atoms with van der Waals surface area (Å²) in [6.45, 7) is 8.43. The second-order valence-corrected chi connectivity index (χ2v) is 9.93. The van der Waals surface area contributed by atoms with Crippen LogP contribution >= 0.6 is 35.0 Å². The Kier molecular flexibility index (Phi) is 9.77. The molecule has 0 radical (unpaired) electrons. The van der Waals surface area contributed by atoms with Crippen molar-refractivity contribution in [1.29, 1.82) is 0 Å². The number of hydrogen-bond donors (Lipinski definition) is 2. The molecule has 0 spiro atoms. The molecule has 184 valence electrons. The molecule has 3 rings (SSSR count). The minimum Gasteiger partial charge on any atom is -0.342 e. The summed E-state index contributed by atoms with van der Waals surface area (Å²) in [5.74, 6) is 0.558. The lowest BCUT2D eigenvalue weighted by molar-refractivity contribution is -0.113. The average molecular weight is 532 g/mol. The Morgan fingerprint density at radius 2 is 1.86 bits per heavy atom. The predicted octanol–water partition coefficient (Wildman–Crippen LogP) is 6.02. The Morgan fingerprint density at radius 1 is 1.11 bits per heavy atom. The Labute approximate surface area is 219 Å². The molecule has 1 heterocycles. The molecule has 3 aromatic rings. The van der Waals surface area contributed by atoms with E-state index in [4.69, 9.17) is 23.2 Å². The van der Waals surface area contributed by atoms with Gasteiger partial charge in [0.15, 0.2) is 11.0 Å². The third kappa shape index (κ3) is 7.34. The predicted molar refractivity (Wildman–Crippen MR) is 142 cm³/mol. The van der Waals surface area contributed by atoms with Gasteiger partial charge in [0.2, 0.25) is 5.91 Å². The van der Waals surface area contributed by atoms with Gasteiger partial charge in [0.1, 0.15) is 0 Å². The van der Waals surface area contributed by atoms with E-state index in [2.05, 4.69) is 41.3 Å². The SMILES string of the molecule is C=CCn1c(SCC(=O)Nc2cccc(Cl)c2Cl)nnc1C(CC(C)C)NC(=O)c1ccccc1. The number of thioether (sulfide) groups is 1.